The lowest BCUT2D eigenvalue weighted by molar-refractivity contribution is 0.908. The van der Waals surface area contributed by atoms with Gasteiger partial charge in [-0.15, -0.1) is 0 Å². The molecule has 1 aromatic carbocycles. The second-order valence-electron chi connectivity index (χ2n) is 4.66. The Bertz CT molecular complexity index is 552. The van der Waals surface area contributed by atoms with E-state index in [1.807, 2.05) is 6.20 Å². The van der Waals surface area contributed by atoms with Gasteiger partial charge < -0.3 is 4.90 Å². The zero-order valence-corrected chi connectivity index (χ0v) is 12.5. The van der Waals surface area contributed by atoms with Gasteiger partial charge in [-0.2, -0.15) is 0 Å². The van der Waals surface area contributed by atoms with Gasteiger partial charge in [-0.1, -0.05) is 17.7 Å². The highest BCUT2D eigenvalue weighted by molar-refractivity contribution is 9.10. The van der Waals surface area contributed by atoms with Gasteiger partial charge >= 0.3 is 0 Å². The maximum atomic E-state index is 4.19. The van der Waals surface area contributed by atoms with E-state index >= 15 is 0 Å². The van der Waals surface area contributed by atoms with Crippen molar-refractivity contribution in [2.24, 2.45) is 0 Å². The minimum Gasteiger partial charge on any atom is -0.370 e. The molecule has 94 valence electrons. The number of benzene rings is 1. The number of anilines is 1. The molecular weight excluding hydrogens is 288 g/mol. The van der Waals surface area contributed by atoms with Crippen molar-refractivity contribution in [3.63, 3.8) is 0 Å². The average molecular weight is 305 g/mol. The second-order valence-corrected chi connectivity index (χ2v) is 5.57. The standard InChI is InChI=1S/C15H17BrN2/c1-11-4-5-15(12(2)6-11)18(3)10-13-7-14(16)9-17-8-13/h4-9H,10H2,1-3H3. The summed E-state index contributed by atoms with van der Waals surface area (Å²) in [4.78, 5) is 6.44. The molecule has 18 heavy (non-hydrogen) atoms. The first-order chi connectivity index (χ1) is 8.56. The van der Waals surface area contributed by atoms with Crippen molar-refractivity contribution in [3.8, 4) is 0 Å². The van der Waals surface area contributed by atoms with E-state index in [0.717, 1.165) is 11.0 Å². The lowest BCUT2D eigenvalue weighted by Crippen LogP contribution is -2.17. The number of rotatable bonds is 3. The van der Waals surface area contributed by atoms with E-state index in [1.54, 1.807) is 6.20 Å². The molecular formula is C15H17BrN2. The Morgan fingerprint density at radius 3 is 2.61 bits per heavy atom. The molecule has 0 aliphatic rings. The number of hydrogen-bond acceptors (Lipinski definition) is 2. The molecule has 0 spiro atoms. The lowest BCUT2D eigenvalue weighted by Gasteiger charge is -2.21. The van der Waals surface area contributed by atoms with E-state index in [-0.39, 0.29) is 0 Å². The zero-order valence-electron chi connectivity index (χ0n) is 10.9. The third-order valence-corrected chi connectivity index (χ3v) is 3.38. The molecule has 0 amide bonds. The van der Waals surface area contributed by atoms with Crippen molar-refractivity contribution in [3.05, 3.63) is 57.8 Å². The maximum Gasteiger partial charge on any atom is 0.0441 e. The summed E-state index contributed by atoms with van der Waals surface area (Å²) < 4.78 is 1.02. The van der Waals surface area contributed by atoms with Crippen LogP contribution in [0.2, 0.25) is 0 Å². The Balaban J connectivity index is 2.19. The molecule has 2 nitrogen and oxygen atoms in total. The van der Waals surface area contributed by atoms with Gasteiger partial charge in [-0.3, -0.25) is 4.98 Å². The summed E-state index contributed by atoms with van der Waals surface area (Å²) in [7, 11) is 2.11. The molecule has 0 N–H and O–H groups in total. The van der Waals surface area contributed by atoms with Gasteiger partial charge in [-0.25, -0.2) is 0 Å². The van der Waals surface area contributed by atoms with Crippen molar-refractivity contribution in [2.45, 2.75) is 20.4 Å². The van der Waals surface area contributed by atoms with Crippen LogP contribution in [0.3, 0.4) is 0 Å². The van der Waals surface area contributed by atoms with Crippen LogP contribution in [0.5, 0.6) is 0 Å². The number of hydrogen-bond donors (Lipinski definition) is 0. The third kappa shape index (κ3) is 3.10. The topological polar surface area (TPSA) is 16.1 Å². The fourth-order valence-electron chi connectivity index (χ4n) is 2.14. The van der Waals surface area contributed by atoms with Gasteiger partial charge in [0.05, 0.1) is 0 Å². The van der Waals surface area contributed by atoms with Crippen molar-refractivity contribution < 1.29 is 0 Å². The van der Waals surface area contributed by atoms with Gasteiger partial charge in [0.15, 0.2) is 0 Å². The Hall–Kier alpha value is -1.35. The highest BCUT2D eigenvalue weighted by atomic mass is 79.9. The molecule has 0 radical (unpaired) electrons. The zero-order chi connectivity index (χ0) is 13.1. The number of nitrogens with zero attached hydrogens (tertiary/aromatic N) is 2. The maximum absolute atomic E-state index is 4.19. The molecule has 2 aromatic rings. The minimum absolute atomic E-state index is 0.857. The number of pyridine rings is 1. The highest BCUT2D eigenvalue weighted by Gasteiger charge is 2.06. The number of aryl methyl sites for hydroxylation is 2. The van der Waals surface area contributed by atoms with E-state index in [0.29, 0.717) is 0 Å². The predicted octanol–water partition coefficient (Wildman–Crippen LogP) is 4.10. The van der Waals surface area contributed by atoms with E-state index < -0.39 is 0 Å². The molecule has 0 fully saturated rings. The first-order valence-electron chi connectivity index (χ1n) is 5.94. The van der Waals surface area contributed by atoms with E-state index in [1.165, 1.54) is 22.4 Å². The van der Waals surface area contributed by atoms with Crippen LogP contribution < -0.4 is 4.90 Å². The van der Waals surface area contributed by atoms with Crippen molar-refractivity contribution in [1.82, 2.24) is 4.98 Å². The van der Waals surface area contributed by atoms with Crippen LogP contribution in [-0.4, -0.2) is 12.0 Å². The lowest BCUT2D eigenvalue weighted by atomic mass is 10.1. The van der Waals surface area contributed by atoms with Gasteiger partial charge in [0.2, 0.25) is 0 Å². The second kappa shape index (κ2) is 5.53. The SMILES string of the molecule is Cc1ccc(N(C)Cc2cncc(Br)c2)c(C)c1. The Kier molecular flexibility index (Phi) is 4.02. The Morgan fingerprint density at radius 2 is 1.94 bits per heavy atom. The molecule has 0 atom stereocenters. The summed E-state index contributed by atoms with van der Waals surface area (Å²) in [6.07, 6.45) is 3.71. The largest absolute Gasteiger partial charge is 0.370 e. The molecule has 0 aliphatic carbocycles. The number of aromatic nitrogens is 1. The number of halogens is 1. The molecule has 0 bridgehead atoms. The molecule has 3 heteroatoms. The van der Waals surface area contributed by atoms with Crippen LogP contribution in [0.25, 0.3) is 0 Å². The Labute approximate surface area is 117 Å². The monoisotopic (exact) mass is 304 g/mol. The van der Waals surface area contributed by atoms with Crippen molar-refractivity contribution >= 4 is 21.6 Å². The summed E-state index contributed by atoms with van der Waals surface area (Å²) in [5, 5.41) is 0. The van der Waals surface area contributed by atoms with Gasteiger partial charge in [0.25, 0.3) is 0 Å². The fourth-order valence-corrected chi connectivity index (χ4v) is 2.55. The average Bonchev–Trinajstić information content (AvgIpc) is 2.28. The van der Waals surface area contributed by atoms with E-state index in [4.69, 9.17) is 0 Å². The molecule has 1 aromatic heterocycles. The summed E-state index contributed by atoms with van der Waals surface area (Å²) in [5.41, 5.74) is 5.07. The van der Waals surface area contributed by atoms with E-state index in [2.05, 4.69) is 71.0 Å². The van der Waals surface area contributed by atoms with Crippen LogP contribution in [0, 0.1) is 13.8 Å². The van der Waals surface area contributed by atoms with Crippen molar-refractivity contribution in [1.29, 1.82) is 0 Å². The van der Waals surface area contributed by atoms with Crippen LogP contribution >= 0.6 is 15.9 Å². The van der Waals surface area contributed by atoms with Crippen molar-refractivity contribution in [2.75, 3.05) is 11.9 Å². The molecule has 0 unspecified atom stereocenters. The summed E-state index contributed by atoms with van der Waals surface area (Å²) >= 11 is 3.45. The Morgan fingerprint density at radius 1 is 1.17 bits per heavy atom. The highest BCUT2D eigenvalue weighted by Crippen LogP contribution is 2.22. The first-order valence-corrected chi connectivity index (χ1v) is 6.73. The normalized spacial score (nSPS) is 10.4. The summed E-state index contributed by atoms with van der Waals surface area (Å²) in [6, 6.07) is 8.64. The van der Waals surface area contributed by atoms with Gasteiger partial charge in [-0.05, 0) is 53.0 Å². The summed E-state index contributed by atoms with van der Waals surface area (Å²) in [5.74, 6) is 0. The smallest absolute Gasteiger partial charge is 0.0441 e. The molecule has 2 rings (SSSR count). The molecule has 0 saturated carbocycles. The predicted molar refractivity (Wildman–Crippen MR) is 80.0 cm³/mol. The molecule has 0 saturated heterocycles. The van der Waals surface area contributed by atoms with Gasteiger partial charge in [0.1, 0.15) is 0 Å². The van der Waals surface area contributed by atoms with Crippen LogP contribution in [0.15, 0.2) is 41.1 Å². The van der Waals surface area contributed by atoms with Crippen LogP contribution in [0.4, 0.5) is 5.69 Å². The quantitative estimate of drug-likeness (QED) is 0.849. The fraction of sp³-hybridized carbons (Fsp3) is 0.267. The minimum atomic E-state index is 0.857. The first kappa shape index (κ1) is 13.1. The van der Waals surface area contributed by atoms with Crippen LogP contribution in [0.1, 0.15) is 16.7 Å². The van der Waals surface area contributed by atoms with E-state index in [9.17, 15) is 0 Å². The third-order valence-electron chi connectivity index (χ3n) is 2.94. The molecule has 0 aliphatic heterocycles. The van der Waals surface area contributed by atoms with Gasteiger partial charge in [0, 0.05) is 36.1 Å². The molecule has 1 heterocycles. The van der Waals surface area contributed by atoms with Crippen LogP contribution in [-0.2, 0) is 6.54 Å². The summed E-state index contributed by atoms with van der Waals surface area (Å²) in [6.45, 7) is 5.13.